The number of halogens is 2. The van der Waals surface area contributed by atoms with Crippen LogP contribution in [0.2, 0.25) is 10.0 Å². The van der Waals surface area contributed by atoms with E-state index in [0.717, 1.165) is 0 Å². The first-order valence-corrected chi connectivity index (χ1v) is 7.57. The van der Waals surface area contributed by atoms with Gasteiger partial charge in [-0.3, -0.25) is 20.4 Å². The smallest absolute Gasteiger partial charge is 0.276 e. The van der Waals surface area contributed by atoms with Crippen molar-refractivity contribution in [3.05, 3.63) is 58.1 Å². The number of carbonyl (C=O) groups excluding carboxylic acids is 2. The molecule has 0 aliphatic carbocycles. The molecule has 0 aliphatic rings. The Morgan fingerprint density at radius 1 is 1.00 bits per heavy atom. The van der Waals surface area contributed by atoms with Crippen LogP contribution in [0.4, 0.5) is 0 Å². The molecular formula is C16H14Cl2N2O4. The van der Waals surface area contributed by atoms with Crippen molar-refractivity contribution >= 4 is 35.0 Å². The molecule has 0 bridgehead atoms. The van der Waals surface area contributed by atoms with E-state index in [2.05, 4.69) is 10.9 Å². The van der Waals surface area contributed by atoms with Crippen LogP contribution in [-0.2, 0) is 4.79 Å². The third-order valence-corrected chi connectivity index (χ3v) is 3.66. The van der Waals surface area contributed by atoms with Crippen LogP contribution in [0.25, 0.3) is 0 Å². The molecule has 2 N–H and O–H groups in total. The van der Waals surface area contributed by atoms with E-state index in [1.165, 1.54) is 25.3 Å². The van der Waals surface area contributed by atoms with Gasteiger partial charge in [0.05, 0.1) is 17.2 Å². The maximum atomic E-state index is 11.9. The molecule has 0 radical (unpaired) electrons. The largest absolute Gasteiger partial charge is 0.493 e. The Labute approximate surface area is 148 Å². The Morgan fingerprint density at radius 2 is 1.71 bits per heavy atom. The fourth-order valence-corrected chi connectivity index (χ4v) is 2.05. The maximum absolute atomic E-state index is 11.9. The van der Waals surface area contributed by atoms with Gasteiger partial charge in [-0.05, 0) is 30.3 Å². The van der Waals surface area contributed by atoms with Gasteiger partial charge in [-0.1, -0.05) is 35.3 Å². The van der Waals surface area contributed by atoms with Gasteiger partial charge in [-0.15, -0.1) is 0 Å². The summed E-state index contributed by atoms with van der Waals surface area (Å²) in [5.41, 5.74) is 4.76. The summed E-state index contributed by atoms with van der Waals surface area (Å²) >= 11 is 11.6. The second kappa shape index (κ2) is 8.42. The molecule has 0 saturated carbocycles. The van der Waals surface area contributed by atoms with Gasteiger partial charge in [-0.25, -0.2) is 0 Å². The molecule has 0 unspecified atom stereocenters. The fourth-order valence-electron chi connectivity index (χ4n) is 1.75. The van der Waals surface area contributed by atoms with Crippen LogP contribution in [-0.4, -0.2) is 25.5 Å². The summed E-state index contributed by atoms with van der Waals surface area (Å²) in [6.07, 6.45) is 0. The van der Waals surface area contributed by atoms with Gasteiger partial charge in [0.1, 0.15) is 0 Å². The SMILES string of the molecule is COc1ccccc1OCC(=O)NNC(=O)c1ccc(Cl)c(Cl)c1. The van der Waals surface area contributed by atoms with Crippen molar-refractivity contribution in [3.8, 4) is 11.5 Å². The van der Waals surface area contributed by atoms with Crippen molar-refractivity contribution in [1.82, 2.24) is 10.9 Å². The molecule has 126 valence electrons. The first-order chi connectivity index (χ1) is 11.5. The number of ether oxygens (including phenoxy) is 2. The summed E-state index contributed by atoms with van der Waals surface area (Å²) in [6, 6.07) is 11.3. The fraction of sp³-hybridized carbons (Fsp3) is 0.125. The summed E-state index contributed by atoms with van der Waals surface area (Å²) in [5.74, 6) is -0.135. The van der Waals surface area contributed by atoms with Crippen LogP contribution in [0.15, 0.2) is 42.5 Å². The van der Waals surface area contributed by atoms with E-state index in [-0.39, 0.29) is 17.2 Å². The van der Waals surface area contributed by atoms with E-state index >= 15 is 0 Å². The molecule has 8 heteroatoms. The minimum atomic E-state index is -0.533. The van der Waals surface area contributed by atoms with Crippen LogP contribution in [0.3, 0.4) is 0 Å². The molecule has 0 atom stereocenters. The summed E-state index contributed by atoms with van der Waals surface area (Å²) in [6.45, 7) is -0.290. The molecule has 0 aromatic heterocycles. The predicted octanol–water partition coefficient (Wildman–Crippen LogP) is 2.84. The van der Waals surface area contributed by atoms with Crippen LogP contribution >= 0.6 is 23.2 Å². The van der Waals surface area contributed by atoms with Gasteiger partial charge in [0.2, 0.25) is 0 Å². The number of benzene rings is 2. The zero-order chi connectivity index (χ0) is 17.5. The highest BCUT2D eigenvalue weighted by atomic mass is 35.5. The van der Waals surface area contributed by atoms with E-state index in [9.17, 15) is 9.59 Å². The molecule has 2 aromatic rings. The molecule has 2 amide bonds. The lowest BCUT2D eigenvalue weighted by Gasteiger charge is -2.11. The average molecular weight is 369 g/mol. The van der Waals surface area contributed by atoms with Crippen LogP contribution in [0.1, 0.15) is 10.4 Å². The lowest BCUT2D eigenvalue weighted by Crippen LogP contribution is -2.43. The minimum absolute atomic E-state index is 0.246. The van der Waals surface area contributed by atoms with Crippen LogP contribution < -0.4 is 20.3 Å². The number of hydrazine groups is 1. The van der Waals surface area contributed by atoms with E-state index in [4.69, 9.17) is 32.7 Å². The number of nitrogens with one attached hydrogen (secondary N) is 2. The number of hydrogen-bond acceptors (Lipinski definition) is 4. The van der Waals surface area contributed by atoms with Crippen LogP contribution in [0.5, 0.6) is 11.5 Å². The zero-order valence-electron chi connectivity index (χ0n) is 12.6. The van der Waals surface area contributed by atoms with Gasteiger partial charge < -0.3 is 9.47 Å². The quantitative estimate of drug-likeness (QED) is 0.795. The molecule has 2 rings (SSSR count). The molecule has 0 fully saturated rings. The lowest BCUT2D eigenvalue weighted by atomic mass is 10.2. The minimum Gasteiger partial charge on any atom is -0.493 e. The van der Waals surface area contributed by atoms with Gasteiger partial charge in [0.15, 0.2) is 18.1 Å². The first-order valence-electron chi connectivity index (χ1n) is 6.81. The highest BCUT2D eigenvalue weighted by Crippen LogP contribution is 2.25. The molecule has 0 saturated heterocycles. The Morgan fingerprint density at radius 3 is 2.38 bits per heavy atom. The van der Waals surface area contributed by atoms with Crippen molar-refractivity contribution in [2.75, 3.05) is 13.7 Å². The van der Waals surface area contributed by atoms with Gasteiger partial charge >= 0.3 is 0 Å². The average Bonchev–Trinajstić information content (AvgIpc) is 2.60. The predicted molar refractivity (Wildman–Crippen MR) is 90.6 cm³/mol. The Bertz CT molecular complexity index is 753. The van der Waals surface area contributed by atoms with E-state index in [1.807, 2.05) is 0 Å². The molecule has 24 heavy (non-hydrogen) atoms. The summed E-state index contributed by atoms with van der Waals surface area (Å²) in [7, 11) is 1.50. The Balaban J connectivity index is 1.84. The topological polar surface area (TPSA) is 76.7 Å². The summed E-state index contributed by atoms with van der Waals surface area (Å²) in [5, 5.41) is 0.581. The third-order valence-electron chi connectivity index (χ3n) is 2.93. The third kappa shape index (κ3) is 4.78. The van der Waals surface area contributed by atoms with Crippen molar-refractivity contribution in [3.63, 3.8) is 0 Å². The second-order valence-corrected chi connectivity index (χ2v) is 5.39. The summed E-state index contributed by atoms with van der Waals surface area (Å²) < 4.78 is 10.4. The number of para-hydroxylation sites is 2. The van der Waals surface area contributed by atoms with Crippen LogP contribution in [0, 0.1) is 0 Å². The van der Waals surface area contributed by atoms with Gasteiger partial charge in [-0.2, -0.15) is 0 Å². The lowest BCUT2D eigenvalue weighted by molar-refractivity contribution is -0.123. The number of rotatable bonds is 5. The molecule has 0 spiro atoms. The number of methoxy groups -OCH3 is 1. The number of hydrogen-bond donors (Lipinski definition) is 2. The normalized spacial score (nSPS) is 9.96. The number of amides is 2. The molecule has 0 aliphatic heterocycles. The first kappa shape index (κ1) is 17.9. The highest BCUT2D eigenvalue weighted by Gasteiger charge is 2.10. The standard InChI is InChI=1S/C16H14Cl2N2O4/c1-23-13-4-2-3-5-14(13)24-9-15(21)19-20-16(22)10-6-7-11(17)12(18)8-10/h2-8H,9H2,1H3,(H,19,21)(H,20,22). The highest BCUT2D eigenvalue weighted by molar-refractivity contribution is 6.42. The van der Waals surface area contributed by atoms with Crippen molar-refractivity contribution in [2.24, 2.45) is 0 Å². The van der Waals surface area contributed by atoms with Crippen molar-refractivity contribution in [1.29, 1.82) is 0 Å². The molecule has 0 heterocycles. The monoisotopic (exact) mass is 368 g/mol. The second-order valence-electron chi connectivity index (χ2n) is 4.57. The van der Waals surface area contributed by atoms with E-state index in [1.54, 1.807) is 24.3 Å². The maximum Gasteiger partial charge on any atom is 0.276 e. The Kier molecular flexibility index (Phi) is 6.28. The molecular weight excluding hydrogens is 355 g/mol. The summed E-state index contributed by atoms with van der Waals surface area (Å²) in [4.78, 5) is 23.6. The van der Waals surface area contributed by atoms with Gasteiger partial charge in [0, 0.05) is 5.56 Å². The molecule has 6 nitrogen and oxygen atoms in total. The Hall–Kier alpha value is -2.44. The van der Waals surface area contributed by atoms with E-state index in [0.29, 0.717) is 16.5 Å². The molecule has 2 aromatic carbocycles. The van der Waals surface area contributed by atoms with Gasteiger partial charge in [0.25, 0.3) is 11.8 Å². The van der Waals surface area contributed by atoms with Crippen molar-refractivity contribution < 1.29 is 19.1 Å². The number of carbonyl (C=O) groups is 2. The van der Waals surface area contributed by atoms with Crippen molar-refractivity contribution in [2.45, 2.75) is 0 Å². The van der Waals surface area contributed by atoms with E-state index < -0.39 is 11.8 Å². The zero-order valence-corrected chi connectivity index (χ0v) is 14.1.